The summed E-state index contributed by atoms with van der Waals surface area (Å²) in [5, 5.41) is 0.736. The molecule has 0 unspecified atom stereocenters. The zero-order valence-electron chi connectivity index (χ0n) is 9.86. The molecule has 98 valence electrons. The van der Waals surface area contributed by atoms with E-state index < -0.39 is 0 Å². The summed E-state index contributed by atoms with van der Waals surface area (Å²) in [6.07, 6.45) is 0. The minimum absolute atomic E-state index is 0.266. The lowest BCUT2D eigenvalue weighted by Gasteiger charge is -2.10. The monoisotopic (exact) mass is 384 g/mol. The highest BCUT2D eigenvalue weighted by atomic mass is 79.9. The van der Waals surface area contributed by atoms with Crippen LogP contribution in [0.3, 0.4) is 0 Å². The SMILES string of the molecule is BrCc1ccc(Br)cc1Oc1ccc2c(c1)OCO2. The van der Waals surface area contributed by atoms with Crippen molar-refractivity contribution in [1.29, 1.82) is 0 Å². The van der Waals surface area contributed by atoms with Crippen LogP contribution < -0.4 is 14.2 Å². The van der Waals surface area contributed by atoms with Crippen LogP contribution >= 0.6 is 31.9 Å². The summed E-state index contributed by atoms with van der Waals surface area (Å²) in [6.45, 7) is 0.266. The Morgan fingerprint density at radius 3 is 2.74 bits per heavy atom. The summed E-state index contributed by atoms with van der Waals surface area (Å²) in [6, 6.07) is 11.5. The normalized spacial score (nSPS) is 12.5. The third kappa shape index (κ3) is 2.72. The Bertz CT molecular complexity index is 614. The molecular weight excluding hydrogens is 376 g/mol. The van der Waals surface area contributed by atoms with E-state index in [2.05, 4.69) is 31.9 Å². The van der Waals surface area contributed by atoms with Crippen molar-refractivity contribution in [2.45, 2.75) is 5.33 Å². The van der Waals surface area contributed by atoms with E-state index in [9.17, 15) is 0 Å². The molecule has 3 nitrogen and oxygen atoms in total. The van der Waals surface area contributed by atoms with Crippen molar-refractivity contribution in [2.24, 2.45) is 0 Å². The topological polar surface area (TPSA) is 27.7 Å². The van der Waals surface area contributed by atoms with Crippen molar-refractivity contribution >= 4 is 31.9 Å². The van der Waals surface area contributed by atoms with Crippen LogP contribution in [0.15, 0.2) is 40.9 Å². The zero-order valence-corrected chi connectivity index (χ0v) is 13.0. The van der Waals surface area contributed by atoms with Gasteiger partial charge in [0.05, 0.1) is 0 Å². The van der Waals surface area contributed by atoms with Gasteiger partial charge in [0.15, 0.2) is 11.5 Å². The first kappa shape index (κ1) is 12.8. The van der Waals surface area contributed by atoms with Gasteiger partial charge in [0, 0.05) is 21.4 Å². The fraction of sp³-hybridized carbons (Fsp3) is 0.143. The Labute approximate surface area is 127 Å². The highest BCUT2D eigenvalue weighted by molar-refractivity contribution is 9.10. The van der Waals surface area contributed by atoms with Crippen LogP contribution in [0.1, 0.15) is 5.56 Å². The summed E-state index contributed by atoms with van der Waals surface area (Å²) in [5.41, 5.74) is 1.08. The Morgan fingerprint density at radius 1 is 1.05 bits per heavy atom. The standard InChI is InChI=1S/C14H10Br2O3/c15-7-9-1-2-10(16)5-13(9)19-11-3-4-12-14(6-11)18-8-17-12/h1-6H,7-8H2. The number of halogens is 2. The second kappa shape index (κ2) is 5.43. The maximum absolute atomic E-state index is 5.91. The minimum atomic E-state index is 0.266. The smallest absolute Gasteiger partial charge is 0.231 e. The van der Waals surface area contributed by atoms with E-state index in [1.54, 1.807) is 0 Å². The quantitative estimate of drug-likeness (QED) is 0.705. The molecule has 0 aromatic heterocycles. The van der Waals surface area contributed by atoms with Crippen LogP contribution in [0, 0.1) is 0 Å². The molecule has 3 rings (SSSR count). The van der Waals surface area contributed by atoms with Gasteiger partial charge in [0.25, 0.3) is 0 Å². The average Bonchev–Trinajstić information content (AvgIpc) is 2.86. The minimum Gasteiger partial charge on any atom is -0.457 e. The van der Waals surface area contributed by atoms with Crippen molar-refractivity contribution < 1.29 is 14.2 Å². The van der Waals surface area contributed by atoms with E-state index in [0.717, 1.165) is 32.6 Å². The maximum Gasteiger partial charge on any atom is 0.231 e. The number of alkyl halides is 1. The van der Waals surface area contributed by atoms with Gasteiger partial charge in [0.2, 0.25) is 6.79 Å². The van der Waals surface area contributed by atoms with Crippen molar-refractivity contribution in [1.82, 2.24) is 0 Å². The Balaban J connectivity index is 1.90. The Kier molecular flexibility index (Phi) is 3.66. The van der Waals surface area contributed by atoms with Crippen molar-refractivity contribution in [3.63, 3.8) is 0 Å². The van der Waals surface area contributed by atoms with Gasteiger partial charge >= 0.3 is 0 Å². The summed E-state index contributed by atoms with van der Waals surface area (Å²) < 4.78 is 17.5. The number of benzene rings is 2. The van der Waals surface area contributed by atoms with Gasteiger partial charge in [0.1, 0.15) is 11.5 Å². The van der Waals surface area contributed by atoms with Crippen LogP contribution in [-0.4, -0.2) is 6.79 Å². The van der Waals surface area contributed by atoms with E-state index in [1.165, 1.54) is 0 Å². The Hall–Kier alpha value is -1.20. The molecule has 1 aliphatic rings. The number of rotatable bonds is 3. The summed E-state index contributed by atoms with van der Waals surface area (Å²) in [4.78, 5) is 0. The molecule has 0 radical (unpaired) electrons. The van der Waals surface area contributed by atoms with Gasteiger partial charge in [-0.05, 0) is 24.3 Å². The number of fused-ring (bicyclic) bond motifs is 1. The van der Waals surface area contributed by atoms with Crippen LogP contribution in [0.5, 0.6) is 23.0 Å². The molecule has 2 aromatic rings. The molecule has 0 saturated heterocycles. The van der Waals surface area contributed by atoms with E-state index in [4.69, 9.17) is 14.2 Å². The van der Waals surface area contributed by atoms with E-state index in [-0.39, 0.29) is 6.79 Å². The molecule has 0 spiro atoms. The second-order valence-electron chi connectivity index (χ2n) is 4.00. The summed E-state index contributed by atoms with van der Waals surface area (Å²) >= 11 is 6.90. The first-order valence-electron chi connectivity index (χ1n) is 5.68. The summed E-state index contributed by atoms with van der Waals surface area (Å²) in [5.74, 6) is 3.00. The van der Waals surface area contributed by atoms with E-state index in [1.807, 2.05) is 36.4 Å². The molecule has 0 aliphatic carbocycles. The predicted molar refractivity (Wildman–Crippen MR) is 79.4 cm³/mol. The molecule has 19 heavy (non-hydrogen) atoms. The van der Waals surface area contributed by atoms with Crippen molar-refractivity contribution in [3.8, 4) is 23.0 Å². The van der Waals surface area contributed by atoms with Gasteiger partial charge in [-0.1, -0.05) is 37.9 Å². The maximum atomic E-state index is 5.91. The molecule has 0 fully saturated rings. The van der Waals surface area contributed by atoms with Gasteiger partial charge in [-0.15, -0.1) is 0 Å². The fourth-order valence-electron chi connectivity index (χ4n) is 1.80. The molecule has 0 saturated carbocycles. The number of hydrogen-bond acceptors (Lipinski definition) is 3. The molecule has 0 bridgehead atoms. The molecule has 1 heterocycles. The number of hydrogen-bond donors (Lipinski definition) is 0. The molecule has 2 aromatic carbocycles. The lowest BCUT2D eigenvalue weighted by atomic mass is 10.2. The molecule has 0 atom stereocenters. The molecular formula is C14H10Br2O3. The van der Waals surface area contributed by atoms with Crippen LogP contribution in [0.4, 0.5) is 0 Å². The predicted octanol–water partition coefficient (Wildman–Crippen LogP) is 4.87. The van der Waals surface area contributed by atoms with Gasteiger partial charge in [-0.3, -0.25) is 0 Å². The van der Waals surface area contributed by atoms with E-state index >= 15 is 0 Å². The lowest BCUT2D eigenvalue weighted by Crippen LogP contribution is -1.93. The third-order valence-corrected chi connectivity index (χ3v) is 3.84. The lowest BCUT2D eigenvalue weighted by molar-refractivity contribution is 0.174. The largest absolute Gasteiger partial charge is 0.457 e. The first-order chi connectivity index (χ1) is 9.26. The van der Waals surface area contributed by atoms with Crippen LogP contribution in [0.25, 0.3) is 0 Å². The molecule has 5 heteroatoms. The van der Waals surface area contributed by atoms with Gasteiger partial charge in [-0.25, -0.2) is 0 Å². The molecule has 0 amide bonds. The average molecular weight is 386 g/mol. The number of ether oxygens (including phenoxy) is 3. The highest BCUT2D eigenvalue weighted by Crippen LogP contribution is 2.37. The highest BCUT2D eigenvalue weighted by Gasteiger charge is 2.14. The first-order valence-corrected chi connectivity index (χ1v) is 7.59. The van der Waals surface area contributed by atoms with Gasteiger partial charge < -0.3 is 14.2 Å². The van der Waals surface area contributed by atoms with E-state index in [0.29, 0.717) is 5.75 Å². The van der Waals surface area contributed by atoms with Crippen LogP contribution in [0.2, 0.25) is 0 Å². The fourth-order valence-corrected chi connectivity index (χ4v) is 2.60. The van der Waals surface area contributed by atoms with Crippen molar-refractivity contribution in [2.75, 3.05) is 6.79 Å². The summed E-state index contributed by atoms with van der Waals surface area (Å²) in [7, 11) is 0. The second-order valence-corrected chi connectivity index (χ2v) is 5.48. The van der Waals surface area contributed by atoms with Crippen LogP contribution in [-0.2, 0) is 5.33 Å². The molecule has 0 N–H and O–H groups in total. The third-order valence-electron chi connectivity index (χ3n) is 2.75. The molecule has 1 aliphatic heterocycles. The zero-order chi connectivity index (χ0) is 13.2. The van der Waals surface area contributed by atoms with Gasteiger partial charge in [-0.2, -0.15) is 0 Å². The Morgan fingerprint density at radius 2 is 1.89 bits per heavy atom. The van der Waals surface area contributed by atoms with Crippen molar-refractivity contribution in [3.05, 3.63) is 46.4 Å².